The summed E-state index contributed by atoms with van der Waals surface area (Å²) in [5.41, 5.74) is 0. The highest BCUT2D eigenvalue weighted by molar-refractivity contribution is 7.99. The van der Waals surface area contributed by atoms with Crippen LogP contribution in [0.3, 0.4) is 0 Å². The first kappa shape index (κ1) is 10.8. The molecule has 82 valence electrons. The third kappa shape index (κ3) is 3.16. The maximum atomic E-state index is 3.77. The summed E-state index contributed by atoms with van der Waals surface area (Å²) in [6.07, 6.45) is 7.19. The summed E-state index contributed by atoms with van der Waals surface area (Å²) >= 11 is 2.12. The van der Waals surface area contributed by atoms with E-state index in [1.54, 1.807) is 0 Å². The van der Waals surface area contributed by atoms with E-state index in [-0.39, 0.29) is 0 Å². The van der Waals surface area contributed by atoms with E-state index < -0.39 is 0 Å². The molecule has 2 heteroatoms. The predicted molar refractivity (Wildman–Crippen MR) is 64.9 cm³/mol. The van der Waals surface area contributed by atoms with Crippen molar-refractivity contribution in [2.75, 3.05) is 18.1 Å². The first-order valence-corrected chi connectivity index (χ1v) is 7.31. The van der Waals surface area contributed by atoms with E-state index in [1.165, 1.54) is 50.2 Å². The van der Waals surface area contributed by atoms with Crippen molar-refractivity contribution in [2.24, 2.45) is 11.8 Å². The molecule has 1 nitrogen and oxygen atoms in total. The summed E-state index contributed by atoms with van der Waals surface area (Å²) in [4.78, 5) is 0. The van der Waals surface area contributed by atoms with Gasteiger partial charge in [0, 0.05) is 6.04 Å². The van der Waals surface area contributed by atoms with Gasteiger partial charge in [0.25, 0.3) is 0 Å². The van der Waals surface area contributed by atoms with Gasteiger partial charge in [0.2, 0.25) is 0 Å². The summed E-state index contributed by atoms with van der Waals surface area (Å²) < 4.78 is 0. The molecule has 2 aliphatic rings. The Morgan fingerprint density at radius 3 is 2.57 bits per heavy atom. The van der Waals surface area contributed by atoms with Gasteiger partial charge in [0.15, 0.2) is 0 Å². The van der Waals surface area contributed by atoms with Crippen molar-refractivity contribution in [3.63, 3.8) is 0 Å². The van der Waals surface area contributed by atoms with Gasteiger partial charge in [-0.3, -0.25) is 0 Å². The van der Waals surface area contributed by atoms with E-state index in [0.29, 0.717) is 0 Å². The summed E-state index contributed by atoms with van der Waals surface area (Å²) in [5, 5.41) is 3.77. The molecule has 1 N–H and O–H groups in total. The number of nitrogens with one attached hydrogen (secondary N) is 1. The summed E-state index contributed by atoms with van der Waals surface area (Å²) in [6, 6.07) is 0.840. The highest BCUT2D eigenvalue weighted by Crippen LogP contribution is 2.30. The first-order chi connectivity index (χ1) is 6.84. The molecule has 0 aromatic rings. The molecule has 0 aromatic heterocycles. The second-order valence-electron chi connectivity index (χ2n) is 5.08. The standard InChI is InChI=1S/C12H23NS/c1-10-2-3-11(8-10)9-13-12-4-6-14-7-5-12/h10-13H,2-9H2,1H3. The molecular formula is C12H23NS. The van der Waals surface area contributed by atoms with Crippen molar-refractivity contribution in [3.8, 4) is 0 Å². The van der Waals surface area contributed by atoms with E-state index in [1.807, 2.05) is 0 Å². The molecule has 0 spiro atoms. The third-order valence-electron chi connectivity index (χ3n) is 3.72. The molecule has 2 unspecified atom stereocenters. The summed E-state index contributed by atoms with van der Waals surface area (Å²) in [5.74, 6) is 4.72. The fourth-order valence-electron chi connectivity index (χ4n) is 2.75. The van der Waals surface area contributed by atoms with Crippen molar-refractivity contribution in [1.29, 1.82) is 0 Å². The Morgan fingerprint density at radius 1 is 1.14 bits per heavy atom. The number of hydrogen-bond acceptors (Lipinski definition) is 2. The molecule has 1 saturated heterocycles. The van der Waals surface area contributed by atoms with Crippen LogP contribution in [0.4, 0.5) is 0 Å². The Balaban J connectivity index is 1.61. The maximum absolute atomic E-state index is 3.77. The van der Waals surface area contributed by atoms with E-state index in [0.717, 1.165) is 17.9 Å². The van der Waals surface area contributed by atoms with Crippen LogP contribution in [0.15, 0.2) is 0 Å². The van der Waals surface area contributed by atoms with Crippen LogP contribution in [0.25, 0.3) is 0 Å². The van der Waals surface area contributed by atoms with Gasteiger partial charge in [0.1, 0.15) is 0 Å². The zero-order valence-electron chi connectivity index (χ0n) is 9.30. The van der Waals surface area contributed by atoms with Crippen LogP contribution < -0.4 is 5.32 Å². The van der Waals surface area contributed by atoms with Crippen LogP contribution in [0, 0.1) is 11.8 Å². The van der Waals surface area contributed by atoms with Gasteiger partial charge in [-0.05, 0) is 55.6 Å². The minimum atomic E-state index is 0.840. The van der Waals surface area contributed by atoms with Gasteiger partial charge < -0.3 is 5.32 Å². The highest BCUT2D eigenvalue weighted by atomic mass is 32.2. The number of hydrogen-bond donors (Lipinski definition) is 1. The van der Waals surface area contributed by atoms with E-state index in [4.69, 9.17) is 0 Å². The van der Waals surface area contributed by atoms with Gasteiger partial charge in [-0.25, -0.2) is 0 Å². The Morgan fingerprint density at radius 2 is 1.93 bits per heavy atom. The normalized spacial score (nSPS) is 34.9. The third-order valence-corrected chi connectivity index (χ3v) is 4.77. The Kier molecular flexibility index (Phi) is 4.18. The molecule has 1 aliphatic carbocycles. The Hall–Kier alpha value is 0.310. The van der Waals surface area contributed by atoms with E-state index in [2.05, 4.69) is 24.0 Å². The molecule has 2 fully saturated rings. The largest absolute Gasteiger partial charge is 0.314 e. The van der Waals surface area contributed by atoms with Crippen molar-refractivity contribution in [1.82, 2.24) is 5.32 Å². The fraction of sp³-hybridized carbons (Fsp3) is 1.00. The van der Waals surface area contributed by atoms with Crippen LogP contribution in [0.2, 0.25) is 0 Å². The van der Waals surface area contributed by atoms with E-state index >= 15 is 0 Å². The molecule has 2 rings (SSSR count). The zero-order chi connectivity index (χ0) is 9.80. The van der Waals surface area contributed by atoms with Crippen molar-refractivity contribution in [2.45, 2.75) is 45.1 Å². The maximum Gasteiger partial charge on any atom is 0.00828 e. The molecule has 1 saturated carbocycles. The molecule has 1 heterocycles. The average molecular weight is 213 g/mol. The lowest BCUT2D eigenvalue weighted by Gasteiger charge is -2.24. The number of rotatable bonds is 3. The van der Waals surface area contributed by atoms with Crippen molar-refractivity contribution >= 4 is 11.8 Å². The minimum absolute atomic E-state index is 0.840. The number of thioether (sulfide) groups is 1. The second-order valence-corrected chi connectivity index (χ2v) is 6.30. The molecule has 1 aliphatic heterocycles. The molecule has 0 bridgehead atoms. The average Bonchev–Trinajstić information content (AvgIpc) is 2.63. The molecule has 0 aromatic carbocycles. The second kappa shape index (κ2) is 5.41. The van der Waals surface area contributed by atoms with Gasteiger partial charge in [-0.1, -0.05) is 13.3 Å². The Bertz CT molecular complexity index is 161. The molecule has 14 heavy (non-hydrogen) atoms. The quantitative estimate of drug-likeness (QED) is 0.773. The monoisotopic (exact) mass is 213 g/mol. The smallest absolute Gasteiger partial charge is 0.00828 e. The fourth-order valence-corrected chi connectivity index (χ4v) is 3.85. The van der Waals surface area contributed by atoms with Crippen LogP contribution in [-0.4, -0.2) is 24.1 Å². The first-order valence-electron chi connectivity index (χ1n) is 6.15. The summed E-state index contributed by atoms with van der Waals surface area (Å²) in [6.45, 7) is 3.69. The topological polar surface area (TPSA) is 12.0 Å². The lowest BCUT2D eigenvalue weighted by Crippen LogP contribution is -2.35. The van der Waals surface area contributed by atoms with Crippen LogP contribution in [0.1, 0.15) is 39.0 Å². The minimum Gasteiger partial charge on any atom is -0.314 e. The Labute approximate surface area is 92.4 Å². The molecule has 0 radical (unpaired) electrons. The predicted octanol–water partition coefficient (Wildman–Crippen LogP) is 2.91. The van der Waals surface area contributed by atoms with E-state index in [9.17, 15) is 0 Å². The van der Waals surface area contributed by atoms with Crippen molar-refractivity contribution in [3.05, 3.63) is 0 Å². The summed E-state index contributed by atoms with van der Waals surface area (Å²) in [7, 11) is 0. The van der Waals surface area contributed by atoms with Crippen LogP contribution in [-0.2, 0) is 0 Å². The van der Waals surface area contributed by atoms with Gasteiger partial charge >= 0.3 is 0 Å². The van der Waals surface area contributed by atoms with Crippen molar-refractivity contribution < 1.29 is 0 Å². The highest BCUT2D eigenvalue weighted by Gasteiger charge is 2.22. The van der Waals surface area contributed by atoms with Gasteiger partial charge in [-0.15, -0.1) is 0 Å². The molecule has 0 amide bonds. The van der Waals surface area contributed by atoms with Crippen LogP contribution >= 0.6 is 11.8 Å². The molecular weight excluding hydrogens is 190 g/mol. The lowest BCUT2D eigenvalue weighted by atomic mass is 10.0. The van der Waals surface area contributed by atoms with Gasteiger partial charge in [0.05, 0.1) is 0 Å². The zero-order valence-corrected chi connectivity index (χ0v) is 10.1. The molecule has 2 atom stereocenters. The van der Waals surface area contributed by atoms with Gasteiger partial charge in [-0.2, -0.15) is 11.8 Å². The lowest BCUT2D eigenvalue weighted by molar-refractivity contribution is 0.407. The SMILES string of the molecule is CC1CCC(CNC2CCSCC2)C1. The van der Waals surface area contributed by atoms with Crippen LogP contribution in [0.5, 0.6) is 0 Å².